The quantitative estimate of drug-likeness (QED) is 0.744. The molecule has 2 atom stereocenters. The van der Waals surface area contributed by atoms with Crippen LogP contribution in [0.2, 0.25) is 0 Å². The fourth-order valence-corrected chi connectivity index (χ4v) is 2.03. The molecule has 0 spiro atoms. The molecule has 0 aliphatic carbocycles. The number of likely N-dealkylation sites (tertiary alicyclic amines) is 1. The van der Waals surface area contributed by atoms with Crippen LogP contribution in [0.1, 0.15) is 40.0 Å². The Bertz CT molecular complexity index is 203. The third-order valence-electron chi connectivity index (χ3n) is 3.13. The molecule has 1 heterocycles. The van der Waals surface area contributed by atoms with Crippen molar-refractivity contribution >= 4 is 5.91 Å². The molecule has 2 N–H and O–H groups in total. The van der Waals surface area contributed by atoms with Gasteiger partial charge in [-0.25, -0.2) is 0 Å². The van der Waals surface area contributed by atoms with Crippen molar-refractivity contribution in [1.29, 1.82) is 0 Å². The third-order valence-corrected chi connectivity index (χ3v) is 3.13. The van der Waals surface area contributed by atoms with Crippen LogP contribution >= 0.6 is 0 Å². The maximum atomic E-state index is 12.0. The molecule has 1 amide bonds. The molecule has 0 radical (unpaired) electrons. The first-order chi connectivity index (χ1) is 6.57. The van der Waals surface area contributed by atoms with E-state index in [1.54, 1.807) is 0 Å². The summed E-state index contributed by atoms with van der Waals surface area (Å²) >= 11 is 0. The average molecular weight is 198 g/mol. The molecule has 1 fully saturated rings. The van der Waals surface area contributed by atoms with Crippen LogP contribution in [0.4, 0.5) is 0 Å². The second kappa shape index (κ2) is 4.78. The van der Waals surface area contributed by atoms with Crippen LogP contribution in [-0.4, -0.2) is 29.4 Å². The fraction of sp³-hybridized carbons (Fsp3) is 0.909. The highest BCUT2D eigenvalue weighted by molar-refractivity contribution is 5.82. The van der Waals surface area contributed by atoms with Crippen molar-refractivity contribution in [3.05, 3.63) is 0 Å². The molecular formula is C11H22N2O. The number of nitrogens with zero attached hydrogens (tertiary/aromatic N) is 1. The molecule has 82 valence electrons. The Labute approximate surface area is 86.6 Å². The summed E-state index contributed by atoms with van der Waals surface area (Å²) in [5.41, 5.74) is 5.87. The topological polar surface area (TPSA) is 46.3 Å². The molecule has 14 heavy (non-hydrogen) atoms. The Kier molecular flexibility index (Phi) is 3.93. The zero-order valence-electron chi connectivity index (χ0n) is 9.49. The van der Waals surface area contributed by atoms with E-state index in [1.807, 2.05) is 18.7 Å². The van der Waals surface area contributed by atoms with Crippen molar-refractivity contribution in [2.45, 2.75) is 52.1 Å². The van der Waals surface area contributed by atoms with Crippen LogP contribution in [0.25, 0.3) is 0 Å². The van der Waals surface area contributed by atoms with Gasteiger partial charge in [0.1, 0.15) is 0 Å². The fourth-order valence-electron chi connectivity index (χ4n) is 2.03. The predicted molar refractivity (Wildman–Crippen MR) is 57.8 cm³/mol. The minimum atomic E-state index is -0.317. The molecule has 3 heteroatoms. The molecule has 1 saturated heterocycles. The standard InChI is InChI=1S/C11H22N2O/c1-4-9-6-5-7-13(9)11(14)10(12)8(2)3/h8-10H,4-7,12H2,1-3H3. The van der Waals surface area contributed by atoms with Crippen LogP contribution in [0.5, 0.6) is 0 Å². The molecule has 3 nitrogen and oxygen atoms in total. The van der Waals surface area contributed by atoms with Gasteiger partial charge in [0.25, 0.3) is 0 Å². The van der Waals surface area contributed by atoms with Gasteiger partial charge in [-0.1, -0.05) is 20.8 Å². The van der Waals surface area contributed by atoms with E-state index in [2.05, 4.69) is 6.92 Å². The number of nitrogens with two attached hydrogens (primary N) is 1. The van der Waals surface area contributed by atoms with Gasteiger partial charge in [0.15, 0.2) is 0 Å². The summed E-state index contributed by atoms with van der Waals surface area (Å²) in [6, 6.07) is 0.120. The molecule has 1 aliphatic rings. The van der Waals surface area contributed by atoms with Gasteiger partial charge in [0.2, 0.25) is 5.91 Å². The van der Waals surface area contributed by atoms with Crippen molar-refractivity contribution in [2.75, 3.05) is 6.54 Å². The zero-order valence-corrected chi connectivity index (χ0v) is 9.49. The van der Waals surface area contributed by atoms with Crippen molar-refractivity contribution in [1.82, 2.24) is 4.90 Å². The van der Waals surface area contributed by atoms with E-state index < -0.39 is 0 Å². The highest BCUT2D eigenvalue weighted by atomic mass is 16.2. The number of carbonyl (C=O) groups excluding carboxylic acids is 1. The second-order valence-electron chi connectivity index (χ2n) is 4.51. The normalized spacial score (nSPS) is 24.4. The molecule has 2 unspecified atom stereocenters. The van der Waals surface area contributed by atoms with Gasteiger partial charge in [-0.15, -0.1) is 0 Å². The van der Waals surface area contributed by atoms with E-state index in [4.69, 9.17) is 5.73 Å². The zero-order chi connectivity index (χ0) is 10.7. The Morgan fingerprint density at radius 2 is 2.21 bits per heavy atom. The number of amides is 1. The first-order valence-electron chi connectivity index (χ1n) is 5.64. The van der Waals surface area contributed by atoms with E-state index in [0.717, 1.165) is 25.8 Å². The third kappa shape index (κ3) is 2.27. The molecule has 0 aromatic carbocycles. The number of carbonyl (C=O) groups is 1. The molecule has 0 aromatic heterocycles. The van der Waals surface area contributed by atoms with Crippen LogP contribution < -0.4 is 5.73 Å². The van der Waals surface area contributed by atoms with Gasteiger partial charge >= 0.3 is 0 Å². The summed E-state index contributed by atoms with van der Waals surface area (Å²) in [6.45, 7) is 7.04. The lowest BCUT2D eigenvalue weighted by molar-refractivity contribution is -0.134. The minimum absolute atomic E-state index is 0.143. The van der Waals surface area contributed by atoms with Crippen LogP contribution in [0, 0.1) is 5.92 Å². The number of rotatable bonds is 3. The highest BCUT2D eigenvalue weighted by Crippen LogP contribution is 2.21. The lowest BCUT2D eigenvalue weighted by Gasteiger charge is -2.28. The second-order valence-corrected chi connectivity index (χ2v) is 4.51. The Morgan fingerprint density at radius 1 is 1.57 bits per heavy atom. The summed E-state index contributed by atoms with van der Waals surface area (Å²) < 4.78 is 0. The van der Waals surface area contributed by atoms with Gasteiger partial charge in [-0.05, 0) is 25.2 Å². The molecule has 0 aromatic rings. The smallest absolute Gasteiger partial charge is 0.239 e. The van der Waals surface area contributed by atoms with E-state index in [0.29, 0.717) is 6.04 Å². The summed E-state index contributed by atoms with van der Waals surface area (Å²) in [4.78, 5) is 13.9. The Hall–Kier alpha value is -0.570. The summed E-state index contributed by atoms with van der Waals surface area (Å²) in [5.74, 6) is 0.380. The van der Waals surface area contributed by atoms with Gasteiger partial charge in [-0.3, -0.25) is 4.79 Å². The number of hydrogen-bond donors (Lipinski definition) is 1. The maximum absolute atomic E-state index is 12.0. The molecule has 1 rings (SSSR count). The average Bonchev–Trinajstić information content (AvgIpc) is 2.62. The van der Waals surface area contributed by atoms with Gasteiger partial charge in [0, 0.05) is 12.6 Å². The first-order valence-corrected chi connectivity index (χ1v) is 5.64. The van der Waals surface area contributed by atoms with E-state index in [1.165, 1.54) is 0 Å². The lowest BCUT2D eigenvalue weighted by Crippen LogP contribution is -2.48. The highest BCUT2D eigenvalue weighted by Gasteiger charge is 2.31. The van der Waals surface area contributed by atoms with Crippen molar-refractivity contribution in [2.24, 2.45) is 11.7 Å². The SMILES string of the molecule is CCC1CCCN1C(=O)C(N)C(C)C. The van der Waals surface area contributed by atoms with E-state index >= 15 is 0 Å². The largest absolute Gasteiger partial charge is 0.338 e. The maximum Gasteiger partial charge on any atom is 0.239 e. The summed E-state index contributed by atoms with van der Waals surface area (Å²) in [7, 11) is 0. The van der Waals surface area contributed by atoms with Gasteiger partial charge < -0.3 is 10.6 Å². The van der Waals surface area contributed by atoms with E-state index in [-0.39, 0.29) is 17.9 Å². The van der Waals surface area contributed by atoms with E-state index in [9.17, 15) is 4.79 Å². The lowest BCUT2D eigenvalue weighted by atomic mass is 10.0. The Morgan fingerprint density at radius 3 is 2.71 bits per heavy atom. The van der Waals surface area contributed by atoms with Crippen molar-refractivity contribution < 1.29 is 4.79 Å². The number of hydrogen-bond acceptors (Lipinski definition) is 2. The molecule has 0 bridgehead atoms. The van der Waals surface area contributed by atoms with Crippen molar-refractivity contribution in [3.63, 3.8) is 0 Å². The summed E-state index contributed by atoms with van der Waals surface area (Å²) in [6.07, 6.45) is 3.33. The van der Waals surface area contributed by atoms with Gasteiger partial charge in [0.05, 0.1) is 6.04 Å². The molecule has 0 saturated carbocycles. The monoisotopic (exact) mass is 198 g/mol. The van der Waals surface area contributed by atoms with Gasteiger partial charge in [-0.2, -0.15) is 0 Å². The van der Waals surface area contributed by atoms with Crippen LogP contribution in [0.15, 0.2) is 0 Å². The minimum Gasteiger partial charge on any atom is -0.338 e. The molecule has 1 aliphatic heterocycles. The van der Waals surface area contributed by atoms with Crippen LogP contribution in [-0.2, 0) is 4.79 Å². The van der Waals surface area contributed by atoms with Crippen LogP contribution in [0.3, 0.4) is 0 Å². The molecular weight excluding hydrogens is 176 g/mol. The first kappa shape index (κ1) is 11.5. The summed E-state index contributed by atoms with van der Waals surface area (Å²) in [5, 5.41) is 0. The predicted octanol–water partition coefficient (Wildman–Crippen LogP) is 1.37. The van der Waals surface area contributed by atoms with Crippen molar-refractivity contribution in [3.8, 4) is 0 Å². The Balaban J connectivity index is 2.59.